The van der Waals surface area contributed by atoms with Gasteiger partial charge in [0.05, 0.1) is 11.8 Å². The van der Waals surface area contributed by atoms with Gasteiger partial charge in [-0.25, -0.2) is 0 Å². The van der Waals surface area contributed by atoms with Gasteiger partial charge in [-0.3, -0.25) is 0 Å². The minimum Gasteiger partial charge on any atom is -0.489 e. The molecule has 2 N–H and O–H groups in total. The summed E-state index contributed by atoms with van der Waals surface area (Å²) in [5.74, 6) is 1.29. The maximum absolute atomic E-state index is 5.88. The summed E-state index contributed by atoms with van der Waals surface area (Å²) < 4.78 is 5.55. The number of hydrogen-bond acceptors (Lipinski definition) is 2. The summed E-state index contributed by atoms with van der Waals surface area (Å²) in [6, 6.07) is 6.01. The topological polar surface area (TPSA) is 35.2 Å². The molecule has 0 aliphatic carbocycles. The third kappa shape index (κ3) is 2.66. The van der Waals surface area contributed by atoms with Crippen molar-refractivity contribution in [2.45, 2.75) is 39.7 Å². The molecule has 0 spiro atoms. The molecule has 0 heterocycles. The van der Waals surface area contributed by atoms with Crippen LogP contribution in [-0.4, -0.2) is 6.10 Å². The van der Waals surface area contributed by atoms with Crippen molar-refractivity contribution in [3.05, 3.63) is 23.8 Å². The zero-order valence-electron chi connectivity index (χ0n) is 9.37. The van der Waals surface area contributed by atoms with Crippen molar-refractivity contribution in [1.82, 2.24) is 0 Å². The quantitative estimate of drug-likeness (QED) is 0.748. The van der Waals surface area contributed by atoms with Crippen molar-refractivity contribution in [3.63, 3.8) is 0 Å². The Hall–Kier alpha value is -1.18. The van der Waals surface area contributed by atoms with Crippen LogP contribution in [0.5, 0.6) is 5.75 Å². The molecular formula is C12H19NO. The zero-order chi connectivity index (χ0) is 10.7. The molecule has 1 aromatic rings. The van der Waals surface area contributed by atoms with Crippen LogP contribution in [0.15, 0.2) is 18.2 Å². The fraction of sp³-hybridized carbons (Fsp3) is 0.500. The van der Waals surface area contributed by atoms with Crippen molar-refractivity contribution >= 4 is 5.69 Å². The first-order chi connectivity index (χ1) is 6.50. The molecule has 1 aromatic carbocycles. The fourth-order valence-corrected chi connectivity index (χ4v) is 1.29. The van der Waals surface area contributed by atoms with E-state index < -0.39 is 0 Å². The van der Waals surface area contributed by atoms with Crippen molar-refractivity contribution in [2.24, 2.45) is 0 Å². The molecule has 0 aromatic heterocycles. The highest BCUT2D eigenvalue weighted by Crippen LogP contribution is 2.26. The molecule has 0 bridgehead atoms. The van der Waals surface area contributed by atoms with Crippen LogP contribution in [0.1, 0.15) is 39.2 Å². The molecule has 2 nitrogen and oxygen atoms in total. The standard InChI is InChI=1S/C12H19NO/c1-8(2)10-5-6-12(11(13)7-10)14-9(3)4/h5-9H,13H2,1-4H3. The molecule has 0 aliphatic rings. The smallest absolute Gasteiger partial charge is 0.142 e. The second-order valence-corrected chi connectivity index (χ2v) is 4.12. The van der Waals surface area contributed by atoms with Crippen LogP contribution >= 0.6 is 0 Å². The van der Waals surface area contributed by atoms with E-state index in [9.17, 15) is 0 Å². The summed E-state index contributed by atoms with van der Waals surface area (Å²) in [5.41, 5.74) is 7.86. The summed E-state index contributed by atoms with van der Waals surface area (Å²) in [4.78, 5) is 0. The zero-order valence-corrected chi connectivity index (χ0v) is 9.37. The highest BCUT2D eigenvalue weighted by molar-refractivity contribution is 5.54. The van der Waals surface area contributed by atoms with E-state index in [2.05, 4.69) is 19.9 Å². The summed E-state index contributed by atoms with van der Waals surface area (Å²) in [6.07, 6.45) is 0.169. The Morgan fingerprint density at radius 1 is 1.14 bits per heavy atom. The predicted molar refractivity (Wildman–Crippen MR) is 60.7 cm³/mol. The molecule has 0 radical (unpaired) electrons. The van der Waals surface area contributed by atoms with Gasteiger partial charge in [-0.15, -0.1) is 0 Å². The van der Waals surface area contributed by atoms with E-state index in [0.717, 1.165) is 11.4 Å². The SMILES string of the molecule is CC(C)Oc1ccc(C(C)C)cc1N. The van der Waals surface area contributed by atoms with Crippen LogP contribution in [0.25, 0.3) is 0 Å². The summed E-state index contributed by atoms with van der Waals surface area (Å²) in [7, 11) is 0. The highest BCUT2D eigenvalue weighted by atomic mass is 16.5. The van der Waals surface area contributed by atoms with E-state index in [4.69, 9.17) is 10.5 Å². The first-order valence-corrected chi connectivity index (χ1v) is 5.06. The van der Waals surface area contributed by atoms with Crippen LogP contribution in [0.3, 0.4) is 0 Å². The molecule has 0 unspecified atom stereocenters. The number of nitrogen functional groups attached to an aromatic ring is 1. The average molecular weight is 193 g/mol. The highest BCUT2D eigenvalue weighted by Gasteiger charge is 2.05. The van der Waals surface area contributed by atoms with Gasteiger partial charge in [0.2, 0.25) is 0 Å². The molecule has 0 saturated heterocycles. The minimum absolute atomic E-state index is 0.169. The predicted octanol–water partition coefficient (Wildman–Crippen LogP) is 3.18. The molecule has 0 fully saturated rings. The number of anilines is 1. The first kappa shape index (κ1) is 10.9. The van der Waals surface area contributed by atoms with Crippen LogP contribution < -0.4 is 10.5 Å². The molecule has 0 amide bonds. The lowest BCUT2D eigenvalue weighted by atomic mass is 10.0. The van der Waals surface area contributed by atoms with E-state index in [-0.39, 0.29) is 6.10 Å². The van der Waals surface area contributed by atoms with E-state index >= 15 is 0 Å². The molecule has 1 rings (SSSR count). The van der Waals surface area contributed by atoms with E-state index in [1.807, 2.05) is 26.0 Å². The lowest BCUT2D eigenvalue weighted by molar-refractivity contribution is 0.244. The molecule has 0 saturated carbocycles. The Kier molecular flexibility index (Phi) is 3.39. The number of hydrogen-bond donors (Lipinski definition) is 1. The van der Waals surface area contributed by atoms with Crippen LogP contribution in [0.4, 0.5) is 5.69 Å². The number of ether oxygens (including phenoxy) is 1. The van der Waals surface area contributed by atoms with Crippen molar-refractivity contribution in [1.29, 1.82) is 0 Å². The van der Waals surface area contributed by atoms with Gasteiger partial charge >= 0.3 is 0 Å². The van der Waals surface area contributed by atoms with Crippen LogP contribution in [-0.2, 0) is 0 Å². The van der Waals surface area contributed by atoms with Crippen LogP contribution in [0, 0.1) is 0 Å². The number of nitrogens with two attached hydrogens (primary N) is 1. The van der Waals surface area contributed by atoms with Gasteiger partial charge in [0.25, 0.3) is 0 Å². The van der Waals surface area contributed by atoms with Crippen molar-refractivity contribution in [2.75, 3.05) is 5.73 Å². The van der Waals surface area contributed by atoms with Crippen molar-refractivity contribution in [3.8, 4) is 5.75 Å². The van der Waals surface area contributed by atoms with Crippen LogP contribution in [0.2, 0.25) is 0 Å². The van der Waals surface area contributed by atoms with Gasteiger partial charge in [-0.1, -0.05) is 19.9 Å². The van der Waals surface area contributed by atoms with Crippen molar-refractivity contribution < 1.29 is 4.74 Å². The van der Waals surface area contributed by atoms with E-state index in [0.29, 0.717) is 5.92 Å². The third-order valence-corrected chi connectivity index (χ3v) is 2.06. The Morgan fingerprint density at radius 3 is 2.21 bits per heavy atom. The summed E-state index contributed by atoms with van der Waals surface area (Å²) in [5, 5.41) is 0. The van der Waals surface area contributed by atoms with Gasteiger partial charge in [-0.2, -0.15) is 0 Å². The number of benzene rings is 1. The summed E-state index contributed by atoms with van der Waals surface area (Å²) in [6.45, 7) is 8.29. The summed E-state index contributed by atoms with van der Waals surface area (Å²) >= 11 is 0. The first-order valence-electron chi connectivity index (χ1n) is 5.06. The van der Waals surface area contributed by atoms with Gasteiger partial charge < -0.3 is 10.5 Å². The normalized spacial score (nSPS) is 11.0. The lowest BCUT2D eigenvalue weighted by Gasteiger charge is -2.14. The second kappa shape index (κ2) is 4.36. The Bertz CT molecular complexity index is 305. The molecule has 14 heavy (non-hydrogen) atoms. The van der Waals surface area contributed by atoms with E-state index in [1.165, 1.54) is 5.56 Å². The largest absolute Gasteiger partial charge is 0.489 e. The maximum Gasteiger partial charge on any atom is 0.142 e. The van der Waals surface area contributed by atoms with E-state index in [1.54, 1.807) is 0 Å². The monoisotopic (exact) mass is 193 g/mol. The van der Waals surface area contributed by atoms with Gasteiger partial charge in [-0.05, 0) is 37.5 Å². The Labute approximate surface area is 86.1 Å². The average Bonchev–Trinajstić information content (AvgIpc) is 2.07. The molecule has 0 atom stereocenters. The fourth-order valence-electron chi connectivity index (χ4n) is 1.29. The molecular weight excluding hydrogens is 174 g/mol. The minimum atomic E-state index is 0.169. The van der Waals surface area contributed by atoms with Gasteiger partial charge in [0.1, 0.15) is 5.75 Å². The van der Waals surface area contributed by atoms with Gasteiger partial charge in [0, 0.05) is 0 Å². The Balaban J connectivity index is 2.90. The lowest BCUT2D eigenvalue weighted by Crippen LogP contribution is -2.07. The van der Waals surface area contributed by atoms with Gasteiger partial charge in [0.15, 0.2) is 0 Å². The maximum atomic E-state index is 5.88. The second-order valence-electron chi connectivity index (χ2n) is 4.12. The molecule has 0 aliphatic heterocycles. The third-order valence-electron chi connectivity index (χ3n) is 2.06. The number of rotatable bonds is 3. The molecule has 78 valence electrons. The molecule has 2 heteroatoms. The Morgan fingerprint density at radius 2 is 1.79 bits per heavy atom.